The number of hydrogen-bond donors (Lipinski definition) is 0. The van der Waals surface area contributed by atoms with Crippen molar-refractivity contribution >= 4 is 5.91 Å². The van der Waals surface area contributed by atoms with Crippen LogP contribution in [0.25, 0.3) is 0 Å². The maximum absolute atomic E-state index is 11.9. The minimum absolute atomic E-state index is 0.230. The summed E-state index contributed by atoms with van der Waals surface area (Å²) in [5.74, 6) is -0.224. The van der Waals surface area contributed by atoms with Gasteiger partial charge in [0.2, 0.25) is 5.91 Å². The molecule has 0 saturated carbocycles. The summed E-state index contributed by atoms with van der Waals surface area (Å²) in [6.45, 7) is 3.04. The summed E-state index contributed by atoms with van der Waals surface area (Å²) < 4.78 is 44.7. The summed E-state index contributed by atoms with van der Waals surface area (Å²) in [5.41, 5.74) is 0. The largest absolute Gasteiger partial charge is 0.411 e. The topological polar surface area (TPSA) is 38.8 Å². The van der Waals surface area contributed by atoms with Gasteiger partial charge in [0.05, 0.1) is 6.61 Å². The predicted octanol–water partition coefficient (Wildman–Crippen LogP) is 1.70. The first-order valence-corrected chi connectivity index (χ1v) is 5.67. The summed E-state index contributed by atoms with van der Waals surface area (Å²) in [6, 6.07) is 0. The van der Waals surface area contributed by atoms with E-state index in [9.17, 15) is 18.0 Å². The Labute approximate surface area is 105 Å². The lowest BCUT2D eigenvalue weighted by Crippen LogP contribution is -2.39. The van der Waals surface area contributed by atoms with Crippen LogP contribution in [0.2, 0.25) is 0 Å². The Balaban J connectivity index is 4.11. The van der Waals surface area contributed by atoms with Crippen LogP contribution in [0, 0.1) is 5.92 Å². The number of ether oxygens (including phenoxy) is 2. The van der Waals surface area contributed by atoms with E-state index < -0.39 is 25.3 Å². The van der Waals surface area contributed by atoms with E-state index in [2.05, 4.69) is 4.74 Å². The molecule has 0 radical (unpaired) electrons. The van der Waals surface area contributed by atoms with Crippen LogP contribution in [-0.2, 0) is 14.3 Å². The Morgan fingerprint density at radius 3 is 2.39 bits per heavy atom. The highest BCUT2D eigenvalue weighted by atomic mass is 19.4. The van der Waals surface area contributed by atoms with Crippen molar-refractivity contribution in [3.8, 4) is 0 Å². The highest BCUT2D eigenvalue weighted by Gasteiger charge is 2.28. The van der Waals surface area contributed by atoms with Crippen molar-refractivity contribution in [2.24, 2.45) is 5.92 Å². The first-order chi connectivity index (χ1) is 8.26. The predicted molar refractivity (Wildman–Crippen MR) is 60.2 cm³/mol. The molecule has 0 heterocycles. The van der Waals surface area contributed by atoms with Crippen LogP contribution in [0.3, 0.4) is 0 Å². The number of carbonyl (C=O) groups is 1. The fourth-order valence-corrected chi connectivity index (χ4v) is 1.31. The van der Waals surface area contributed by atoms with Crippen LogP contribution in [0.4, 0.5) is 13.2 Å². The van der Waals surface area contributed by atoms with E-state index in [4.69, 9.17) is 4.74 Å². The third kappa shape index (κ3) is 9.23. The molecule has 18 heavy (non-hydrogen) atoms. The SMILES string of the molecule is COCCN(CC(C)C)C(=O)COCC(F)(F)F. The van der Waals surface area contributed by atoms with Crippen molar-refractivity contribution in [2.45, 2.75) is 20.0 Å². The number of hydrogen-bond acceptors (Lipinski definition) is 3. The third-order valence-corrected chi connectivity index (χ3v) is 1.99. The molecule has 0 bridgehead atoms. The van der Waals surface area contributed by atoms with Crippen molar-refractivity contribution in [3.05, 3.63) is 0 Å². The minimum Gasteiger partial charge on any atom is -0.383 e. The van der Waals surface area contributed by atoms with Crippen LogP contribution in [-0.4, -0.2) is 57.0 Å². The summed E-state index contributed by atoms with van der Waals surface area (Å²) >= 11 is 0. The Morgan fingerprint density at radius 1 is 1.33 bits per heavy atom. The van der Waals surface area contributed by atoms with E-state index in [1.165, 1.54) is 12.0 Å². The van der Waals surface area contributed by atoms with Crippen LogP contribution in [0.1, 0.15) is 13.8 Å². The second-order valence-corrected chi connectivity index (χ2v) is 4.33. The second kappa shape index (κ2) is 8.31. The molecular formula is C11H20F3NO3. The molecule has 7 heteroatoms. The van der Waals surface area contributed by atoms with Gasteiger partial charge in [-0.15, -0.1) is 0 Å². The van der Waals surface area contributed by atoms with E-state index in [1.807, 2.05) is 13.8 Å². The van der Waals surface area contributed by atoms with Crippen molar-refractivity contribution in [1.29, 1.82) is 0 Å². The highest BCUT2D eigenvalue weighted by Crippen LogP contribution is 2.14. The maximum Gasteiger partial charge on any atom is 0.411 e. The van der Waals surface area contributed by atoms with Crippen molar-refractivity contribution in [2.75, 3.05) is 40.0 Å². The lowest BCUT2D eigenvalue weighted by atomic mass is 10.2. The van der Waals surface area contributed by atoms with E-state index in [0.29, 0.717) is 19.7 Å². The number of rotatable bonds is 8. The summed E-state index contributed by atoms with van der Waals surface area (Å²) in [4.78, 5) is 13.1. The summed E-state index contributed by atoms with van der Waals surface area (Å²) in [6.07, 6.45) is -4.41. The smallest absolute Gasteiger partial charge is 0.383 e. The van der Waals surface area contributed by atoms with Gasteiger partial charge in [0.15, 0.2) is 0 Å². The van der Waals surface area contributed by atoms with Gasteiger partial charge >= 0.3 is 6.18 Å². The van der Waals surface area contributed by atoms with E-state index in [1.54, 1.807) is 0 Å². The molecule has 0 aromatic rings. The molecule has 0 aliphatic rings. The Kier molecular flexibility index (Phi) is 7.93. The molecule has 0 saturated heterocycles. The lowest BCUT2D eigenvalue weighted by molar-refractivity contribution is -0.178. The molecule has 108 valence electrons. The van der Waals surface area contributed by atoms with Crippen LogP contribution >= 0.6 is 0 Å². The minimum atomic E-state index is -4.41. The Bertz CT molecular complexity index is 244. The summed E-state index contributed by atoms with van der Waals surface area (Å²) in [7, 11) is 1.50. The quantitative estimate of drug-likeness (QED) is 0.674. The van der Waals surface area contributed by atoms with Crippen molar-refractivity contribution < 1.29 is 27.4 Å². The molecule has 0 N–H and O–H groups in total. The van der Waals surface area contributed by atoms with E-state index in [0.717, 1.165) is 0 Å². The van der Waals surface area contributed by atoms with Gasteiger partial charge in [-0.3, -0.25) is 4.79 Å². The zero-order valence-corrected chi connectivity index (χ0v) is 10.9. The Morgan fingerprint density at radius 2 is 1.94 bits per heavy atom. The van der Waals surface area contributed by atoms with Gasteiger partial charge < -0.3 is 14.4 Å². The number of carbonyl (C=O) groups excluding carboxylic acids is 1. The molecule has 0 atom stereocenters. The number of amides is 1. The molecule has 0 aromatic heterocycles. The molecule has 0 aliphatic carbocycles. The fraction of sp³-hybridized carbons (Fsp3) is 0.909. The molecule has 0 aromatic carbocycles. The monoisotopic (exact) mass is 271 g/mol. The van der Waals surface area contributed by atoms with E-state index in [-0.39, 0.29) is 5.92 Å². The van der Waals surface area contributed by atoms with Gasteiger partial charge in [-0.25, -0.2) is 0 Å². The van der Waals surface area contributed by atoms with Gasteiger partial charge in [-0.1, -0.05) is 13.8 Å². The third-order valence-electron chi connectivity index (χ3n) is 1.99. The molecule has 1 amide bonds. The average Bonchev–Trinajstić information content (AvgIpc) is 2.21. The Hall–Kier alpha value is -0.820. The van der Waals surface area contributed by atoms with Gasteiger partial charge in [0.1, 0.15) is 13.2 Å². The van der Waals surface area contributed by atoms with Crippen LogP contribution in [0.15, 0.2) is 0 Å². The van der Waals surface area contributed by atoms with Crippen LogP contribution < -0.4 is 0 Å². The second-order valence-electron chi connectivity index (χ2n) is 4.33. The maximum atomic E-state index is 11.9. The standard InChI is InChI=1S/C11H20F3NO3/c1-9(2)6-15(4-5-17-3)10(16)7-18-8-11(12,13)14/h9H,4-8H2,1-3H3. The van der Waals surface area contributed by atoms with Crippen molar-refractivity contribution in [3.63, 3.8) is 0 Å². The number of halogens is 3. The number of nitrogens with zero attached hydrogens (tertiary/aromatic N) is 1. The fourth-order valence-electron chi connectivity index (χ4n) is 1.31. The summed E-state index contributed by atoms with van der Waals surface area (Å²) in [5, 5.41) is 0. The van der Waals surface area contributed by atoms with Crippen LogP contribution in [0.5, 0.6) is 0 Å². The number of alkyl halides is 3. The molecule has 4 nitrogen and oxygen atoms in total. The first kappa shape index (κ1) is 17.2. The molecule has 0 spiro atoms. The van der Waals surface area contributed by atoms with Gasteiger partial charge in [0.25, 0.3) is 0 Å². The molecule has 0 unspecified atom stereocenters. The average molecular weight is 271 g/mol. The lowest BCUT2D eigenvalue weighted by Gasteiger charge is -2.24. The zero-order chi connectivity index (χ0) is 14.2. The molecule has 0 aliphatic heterocycles. The zero-order valence-electron chi connectivity index (χ0n) is 10.9. The first-order valence-electron chi connectivity index (χ1n) is 5.67. The normalized spacial score (nSPS) is 11.9. The van der Waals surface area contributed by atoms with Gasteiger partial charge in [-0.05, 0) is 5.92 Å². The number of methoxy groups -OCH3 is 1. The molecule has 0 fully saturated rings. The molecule has 0 rings (SSSR count). The molecular weight excluding hydrogens is 251 g/mol. The highest BCUT2D eigenvalue weighted by molar-refractivity contribution is 5.77. The van der Waals surface area contributed by atoms with E-state index >= 15 is 0 Å². The van der Waals surface area contributed by atoms with Gasteiger partial charge in [-0.2, -0.15) is 13.2 Å². The van der Waals surface area contributed by atoms with Gasteiger partial charge in [0, 0.05) is 20.2 Å². The van der Waals surface area contributed by atoms with Crippen molar-refractivity contribution in [1.82, 2.24) is 4.90 Å².